The number of amides is 1. The molecule has 0 saturated carbocycles. The third-order valence-corrected chi connectivity index (χ3v) is 3.23. The van der Waals surface area contributed by atoms with Gasteiger partial charge in [0.25, 0.3) is 0 Å². The molecule has 6 heteroatoms. The van der Waals surface area contributed by atoms with Gasteiger partial charge in [-0.15, -0.1) is 11.3 Å². The van der Waals surface area contributed by atoms with E-state index in [1.165, 1.54) is 11.3 Å². The fraction of sp³-hybridized carbons (Fsp3) is 0.636. The van der Waals surface area contributed by atoms with E-state index < -0.39 is 0 Å². The van der Waals surface area contributed by atoms with E-state index in [0.717, 1.165) is 13.1 Å². The zero-order valence-corrected chi connectivity index (χ0v) is 10.9. The molecule has 0 unspecified atom stereocenters. The fourth-order valence-corrected chi connectivity index (χ4v) is 2.61. The van der Waals surface area contributed by atoms with E-state index in [1.807, 2.05) is 19.2 Å². The Hall–Kier alpha value is -0.980. The van der Waals surface area contributed by atoms with E-state index in [-0.39, 0.29) is 18.1 Å². The summed E-state index contributed by atoms with van der Waals surface area (Å²) in [6.07, 6.45) is 2.05. The Bertz CT molecular complexity index is 359. The number of rotatable bonds is 3. The van der Waals surface area contributed by atoms with Crippen molar-refractivity contribution in [3.05, 3.63) is 11.6 Å². The second kappa shape index (κ2) is 5.57. The molecule has 1 aliphatic heterocycles. The molecule has 17 heavy (non-hydrogen) atoms. The van der Waals surface area contributed by atoms with E-state index in [1.54, 1.807) is 6.20 Å². The number of thiazole rings is 1. The van der Waals surface area contributed by atoms with Crippen LogP contribution in [0.2, 0.25) is 0 Å². The number of carbonyl (C=O) groups excluding carboxylic acids is 1. The molecule has 0 spiro atoms. The summed E-state index contributed by atoms with van der Waals surface area (Å²) >= 11 is 1.43. The lowest BCUT2D eigenvalue weighted by Gasteiger charge is -2.34. The van der Waals surface area contributed by atoms with Crippen molar-refractivity contribution in [1.29, 1.82) is 0 Å². The third-order valence-electron chi connectivity index (χ3n) is 2.54. The molecule has 1 saturated heterocycles. The second-order valence-electron chi connectivity index (χ2n) is 4.34. The van der Waals surface area contributed by atoms with Gasteiger partial charge in [-0.3, -0.25) is 9.69 Å². The van der Waals surface area contributed by atoms with Crippen LogP contribution in [-0.4, -0.2) is 47.6 Å². The zero-order valence-electron chi connectivity index (χ0n) is 10.0. The van der Waals surface area contributed by atoms with Gasteiger partial charge in [0, 0.05) is 24.7 Å². The minimum Gasteiger partial charge on any atom is -0.373 e. The highest BCUT2D eigenvalue weighted by molar-refractivity contribution is 7.13. The van der Waals surface area contributed by atoms with Crippen molar-refractivity contribution in [2.45, 2.75) is 26.1 Å². The standard InChI is InChI=1S/C11H17N3O2S/c1-8-5-14(6-9(2)16-8)7-10(15)13-11-12-3-4-17-11/h3-4,8-9H,5-7H2,1-2H3,(H,12,13,15)/t8-,9-/m1/s1. The first-order chi connectivity index (χ1) is 8.13. The van der Waals surface area contributed by atoms with E-state index in [2.05, 4.69) is 15.2 Å². The van der Waals surface area contributed by atoms with Gasteiger partial charge in [-0.05, 0) is 13.8 Å². The normalized spacial score (nSPS) is 25.8. The van der Waals surface area contributed by atoms with Gasteiger partial charge in [-0.2, -0.15) is 0 Å². The third kappa shape index (κ3) is 3.76. The van der Waals surface area contributed by atoms with Gasteiger partial charge in [-0.25, -0.2) is 4.98 Å². The van der Waals surface area contributed by atoms with Crippen molar-refractivity contribution in [2.24, 2.45) is 0 Å². The summed E-state index contributed by atoms with van der Waals surface area (Å²) < 4.78 is 5.62. The Morgan fingerprint density at radius 3 is 2.88 bits per heavy atom. The average molecular weight is 255 g/mol. The molecule has 2 atom stereocenters. The van der Waals surface area contributed by atoms with Gasteiger partial charge in [-0.1, -0.05) is 0 Å². The van der Waals surface area contributed by atoms with Crippen LogP contribution in [0.4, 0.5) is 5.13 Å². The second-order valence-corrected chi connectivity index (χ2v) is 5.23. The summed E-state index contributed by atoms with van der Waals surface area (Å²) in [6.45, 7) is 6.06. The predicted octanol–water partition coefficient (Wildman–Crippen LogP) is 1.19. The SMILES string of the molecule is C[C@@H]1CN(CC(=O)Nc2nccs2)C[C@@H](C)O1. The largest absolute Gasteiger partial charge is 0.373 e. The number of morpholine rings is 1. The maximum Gasteiger partial charge on any atom is 0.240 e. The molecule has 0 radical (unpaired) electrons. The van der Waals surface area contributed by atoms with Crippen LogP contribution in [-0.2, 0) is 9.53 Å². The summed E-state index contributed by atoms with van der Waals surface area (Å²) in [5.41, 5.74) is 0. The van der Waals surface area contributed by atoms with Gasteiger partial charge in [0.05, 0.1) is 18.8 Å². The minimum atomic E-state index is -0.0127. The van der Waals surface area contributed by atoms with Crippen LogP contribution < -0.4 is 5.32 Å². The van der Waals surface area contributed by atoms with E-state index >= 15 is 0 Å². The fourth-order valence-electron chi connectivity index (χ4n) is 2.06. The van der Waals surface area contributed by atoms with Crippen LogP contribution in [0.1, 0.15) is 13.8 Å². The van der Waals surface area contributed by atoms with Crippen LogP contribution in [0.3, 0.4) is 0 Å². The van der Waals surface area contributed by atoms with Crippen molar-refractivity contribution < 1.29 is 9.53 Å². The zero-order chi connectivity index (χ0) is 12.3. The molecule has 0 aromatic carbocycles. The summed E-state index contributed by atoms with van der Waals surface area (Å²) in [5, 5.41) is 5.28. The van der Waals surface area contributed by atoms with Gasteiger partial charge in [0.2, 0.25) is 5.91 Å². The average Bonchev–Trinajstić information content (AvgIpc) is 2.67. The molecule has 94 valence electrons. The molecular weight excluding hydrogens is 238 g/mol. The van der Waals surface area contributed by atoms with Crippen molar-refractivity contribution in [1.82, 2.24) is 9.88 Å². The topological polar surface area (TPSA) is 54.5 Å². The van der Waals surface area contributed by atoms with Crippen LogP contribution >= 0.6 is 11.3 Å². The lowest BCUT2D eigenvalue weighted by atomic mass is 10.2. The van der Waals surface area contributed by atoms with Gasteiger partial charge < -0.3 is 10.1 Å². The molecular formula is C11H17N3O2S. The Morgan fingerprint density at radius 1 is 1.59 bits per heavy atom. The Morgan fingerprint density at radius 2 is 2.29 bits per heavy atom. The molecule has 1 aromatic heterocycles. The van der Waals surface area contributed by atoms with Crippen molar-refractivity contribution in [2.75, 3.05) is 25.0 Å². The first kappa shape index (κ1) is 12.5. The van der Waals surface area contributed by atoms with Crippen LogP contribution in [0.5, 0.6) is 0 Å². The van der Waals surface area contributed by atoms with Crippen molar-refractivity contribution in [3.63, 3.8) is 0 Å². The number of aromatic nitrogens is 1. The monoisotopic (exact) mass is 255 g/mol. The number of carbonyl (C=O) groups is 1. The molecule has 0 bridgehead atoms. The number of hydrogen-bond donors (Lipinski definition) is 1. The number of hydrogen-bond acceptors (Lipinski definition) is 5. The molecule has 2 heterocycles. The first-order valence-corrected chi connectivity index (χ1v) is 6.58. The molecule has 1 aromatic rings. The summed E-state index contributed by atoms with van der Waals surface area (Å²) in [6, 6.07) is 0. The van der Waals surface area contributed by atoms with Crippen LogP contribution in [0.15, 0.2) is 11.6 Å². The first-order valence-electron chi connectivity index (χ1n) is 5.70. The lowest BCUT2D eigenvalue weighted by molar-refractivity contribution is -0.121. The number of nitrogens with zero attached hydrogens (tertiary/aromatic N) is 2. The predicted molar refractivity (Wildman–Crippen MR) is 67.2 cm³/mol. The number of ether oxygens (including phenoxy) is 1. The van der Waals surface area contributed by atoms with Crippen molar-refractivity contribution in [3.8, 4) is 0 Å². The lowest BCUT2D eigenvalue weighted by Crippen LogP contribution is -2.48. The maximum atomic E-state index is 11.8. The Labute approximate surface area is 105 Å². The minimum absolute atomic E-state index is 0.0127. The molecule has 1 fully saturated rings. The summed E-state index contributed by atoms with van der Waals surface area (Å²) in [4.78, 5) is 17.9. The molecule has 1 aliphatic rings. The number of nitrogens with one attached hydrogen (secondary N) is 1. The highest BCUT2D eigenvalue weighted by Gasteiger charge is 2.23. The molecule has 5 nitrogen and oxygen atoms in total. The number of anilines is 1. The van der Waals surface area contributed by atoms with Gasteiger partial charge in [0.15, 0.2) is 5.13 Å². The van der Waals surface area contributed by atoms with E-state index in [4.69, 9.17) is 4.74 Å². The quantitative estimate of drug-likeness (QED) is 0.881. The Kier molecular flexibility index (Phi) is 4.09. The molecule has 0 aliphatic carbocycles. The Balaban J connectivity index is 1.82. The highest BCUT2D eigenvalue weighted by atomic mass is 32.1. The summed E-state index contributed by atoms with van der Waals surface area (Å²) in [5.74, 6) is -0.0127. The molecule has 1 N–H and O–H groups in total. The molecule has 2 rings (SSSR count). The summed E-state index contributed by atoms with van der Waals surface area (Å²) in [7, 11) is 0. The smallest absolute Gasteiger partial charge is 0.240 e. The highest BCUT2D eigenvalue weighted by Crippen LogP contribution is 2.12. The van der Waals surface area contributed by atoms with Crippen LogP contribution in [0.25, 0.3) is 0 Å². The van der Waals surface area contributed by atoms with Crippen LogP contribution in [0, 0.1) is 0 Å². The van der Waals surface area contributed by atoms with E-state index in [0.29, 0.717) is 11.7 Å². The van der Waals surface area contributed by atoms with Crippen molar-refractivity contribution >= 4 is 22.4 Å². The van der Waals surface area contributed by atoms with E-state index in [9.17, 15) is 4.79 Å². The van der Waals surface area contributed by atoms with Gasteiger partial charge >= 0.3 is 0 Å². The van der Waals surface area contributed by atoms with Gasteiger partial charge in [0.1, 0.15) is 0 Å². The maximum absolute atomic E-state index is 11.8. The molecule has 1 amide bonds.